The fraction of sp³-hybridized carbons (Fsp3) is 0.667. The molecule has 1 aromatic rings. The van der Waals surface area contributed by atoms with E-state index in [2.05, 4.69) is 16.9 Å². The van der Waals surface area contributed by atoms with Crippen molar-refractivity contribution in [2.24, 2.45) is 7.05 Å². The van der Waals surface area contributed by atoms with Gasteiger partial charge in [-0.05, 0) is 13.0 Å². The normalized spacial score (nSPS) is 17.1. The lowest BCUT2D eigenvalue weighted by molar-refractivity contribution is 0.0632. The van der Waals surface area contributed by atoms with Gasteiger partial charge in [0.05, 0.1) is 5.69 Å². The molecule has 0 spiro atoms. The first kappa shape index (κ1) is 12.9. The summed E-state index contributed by atoms with van der Waals surface area (Å²) in [5, 5.41) is 4.13. The molecule has 2 heterocycles. The number of anilines is 1. The summed E-state index contributed by atoms with van der Waals surface area (Å²) < 4.78 is 1.58. The Bertz CT molecular complexity index is 420. The predicted octanol–water partition coefficient (Wildman–Crippen LogP) is 0.170. The summed E-state index contributed by atoms with van der Waals surface area (Å²) in [4.78, 5) is 16.5. The number of aryl methyl sites for hydroxylation is 1. The highest BCUT2D eigenvalue weighted by Gasteiger charge is 2.24. The molecule has 1 aliphatic heterocycles. The Labute approximate surface area is 107 Å². The maximum absolute atomic E-state index is 12.3. The average molecular weight is 251 g/mol. The molecule has 1 saturated heterocycles. The van der Waals surface area contributed by atoms with E-state index in [0.29, 0.717) is 11.4 Å². The van der Waals surface area contributed by atoms with E-state index in [0.717, 1.165) is 39.1 Å². The number of nitrogen functional groups attached to an aromatic ring is 1. The second-order valence-corrected chi connectivity index (χ2v) is 4.74. The molecule has 1 aromatic heterocycles. The number of hydrogen-bond acceptors (Lipinski definition) is 4. The van der Waals surface area contributed by atoms with E-state index < -0.39 is 0 Å². The number of nitrogens with zero attached hydrogens (tertiary/aromatic N) is 4. The summed E-state index contributed by atoms with van der Waals surface area (Å²) in [5.74, 6) is -0.0516. The van der Waals surface area contributed by atoms with Gasteiger partial charge in [0.2, 0.25) is 0 Å². The first-order valence-corrected chi connectivity index (χ1v) is 6.42. The molecule has 1 fully saturated rings. The highest BCUT2D eigenvalue weighted by Crippen LogP contribution is 2.13. The van der Waals surface area contributed by atoms with Crippen LogP contribution < -0.4 is 5.73 Å². The molecule has 6 nitrogen and oxygen atoms in total. The average Bonchev–Trinajstić information content (AvgIpc) is 2.69. The van der Waals surface area contributed by atoms with Crippen LogP contribution >= 0.6 is 0 Å². The molecule has 2 N–H and O–H groups in total. The van der Waals surface area contributed by atoms with Crippen LogP contribution in [0.25, 0.3) is 0 Å². The van der Waals surface area contributed by atoms with Gasteiger partial charge in [0.1, 0.15) is 0 Å². The zero-order chi connectivity index (χ0) is 13.1. The van der Waals surface area contributed by atoms with E-state index in [1.807, 2.05) is 4.90 Å². The van der Waals surface area contributed by atoms with Crippen LogP contribution in [0.15, 0.2) is 6.20 Å². The number of amides is 1. The third kappa shape index (κ3) is 2.64. The molecule has 2 rings (SSSR count). The lowest BCUT2D eigenvalue weighted by Crippen LogP contribution is -2.49. The monoisotopic (exact) mass is 251 g/mol. The molecule has 0 radical (unpaired) electrons. The third-order valence-electron chi connectivity index (χ3n) is 3.26. The summed E-state index contributed by atoms with van der Waals surface area (Å²) in [6.45, 7) is 6.67. The standard InChI is InChI=1S/C12H21N5O/c1-3-4-16-5-7-17(8-6-16)12(18)11-10(13)9-15(2)14-11/h9H,3-8,13H2,1-2H3. The number of nitrogens with two attached hydrogens (primary N) is 1. The quantitative estimate of drug-likeness (QED) is 0.831. The van der Waals surface area contributed by atoms with Gasteiger partial charge < -0.3 is 10.6 Å². The SMILES string of the molecule is CCCN1CCN(C(=O)c2nn(C)cc2N)CC1. The van der Waals surface area contributed by atoms with Gasteiger partial charge in [-0.25, -0.2) is 0 Å². The molecule has 1 amide bonds. The molecule has 0 aromatic carbocycles. The van der Waals surface area contributed by atoms with E-state index in [-0.39, 0.29) is 5.91 Å². The Morgan fingerprint density at radius 1 is 1.39 bits per heavy atom. The minimum absolute atomic E-state index is 0.0516. The fourth-order valence-electron chi connectivity index (χ4n) is 2.31. The minimum Gasteiger partial charge on any atom is -0.396 e. The number of aromatic nitrogens is 2. The molecule has 0 bridgehead atoms. The Morgan fingerprint density at radius 3 is 2.56 bits per heavy atom. The van der Waals surface area contributed by atoms with Crippen molar-refractivity contribution in [1.82, 2.24) is 19.6 Å². The van der Waals surface area contributed by atoms with Crippen molar-refractivity contribution in [2.75, 3.05) is 38.5 Å². The summed E-state index contributed by atoms with van der Waals surface area (Å²) in [6, 6.07) is 0. The number of carbonyl (C=O) groups is 1. The van der Waals surface area contributed by atoms with E-state index in [9.17, 15) is 4.79 Å². The number of hydrogen-bond donors (Lipinski definition) is 1. The lowest BCUT2D eigenvalue weighted by atomic mass is 10.2. The van der Waals surface area contributed by atoms with E-state index >= 15 is 0 Å². The van der Waals surface area contributed by atoms with Crippen LogP contribution in [-0.4, -0.2) is 58.2 Å². The van der Waals surface area contributed by atoms with Crippen LogP contribution in [0.3, 0.4) is 0 Å². The van der Waals surface area contributed by atoms with Crippen LogP contribution in [0, 0.1) is 0 Å². The summed E-state index contributed by atoms with van der Waals surface area (Å²) in [5.41, 5.74) is 6.62. The molecule has 0 saturated carbocycles. The zero-order valence-electron chi connectivity index (χ0n) is 11.1. The van der Waals surface area contributed by atoms with Crippen molar-refractivity contribution in [3.8, 4) is 0 Å². The Hall–Kier alpha value is -1.56. The highest BCUT2D eigenvalue weighted by atomic mass is 16.2. The summed E-state index contributed by atoms with van der Waals surface area (Å²) in [7, 11) is 1.77. The molecule has 6 heteroatoms. The Balaban J connectivity index is 1.97. The van der Waals surface area contributed by atoms with Crippen LogP contribution in [0.5, 0.6) is 0 Å². The van der Waals surface area contributed by atoms with Crippen molar-refractivity contribution in [1.29, 1.82) is 0 Å². The van der Waals surface area contributed by atoms with E-state index in [1.165, 1.54) is 0 Å². The van der Waals surface area contributed by atoms with Gasteiger partial charge in [0.15, 0.2) is 5.69 Å². The largest absolute Gasteiger partial charge is 0.396 e. The molecule has 100 valence electrons. The molecule has 0 aliphatic carbocycles. The predicted molar refractivity (Wildman–Crippen MR) is 70.3 cm³/mol. The minimum atomic E-state index is -0.0516. The van der Waals surface area contributed by atoms with Crippen molar-refractivity contribution in [2.45, 2.75) is 13.3 Å². The number of carbonyl (C=O) groups excluding carboxylic acids is 1. The lowest BCUT2D eigenvalue weighted by Gasteiger charge is -2.34. The second kappa shape index (κ2) is 5.39. The van der Waals surface area contributed by atoms with Crippen molar-refractivity contribution in [3.63, 3.8) is 0 Å². The van der Waals surface area contributed by atoms with Crippen LogP contribution in [-0.2, 0) is 7.05 Å². The van der Waals surface area contributed by atoms with Crippen LogP contribution in [0.2, 0.25) is 0 Å². The molecular formula is C12H21N5O. The van der Waals surface area contributed by atoms with Gasteiger partial charge in [0, 0.05) is 39.4 Å². The fourth-order valence-corrected chi connectivity index (χ4v) is 2.31. The molecule has 1 aliphatic rings. The Kier molecular flexibility index (Phi) is 3.86. The van der Waals surface area contributed by atoms with E-state index in [1.54, 1.807) is 17.9 Å². The van der Waals surface area contributed by atoms with Gasteiger partial charge in [0.25, 0.3) is 5.91 Å². The van der Waals surface area contributed by atoms with Crippen LogP contribution in [0.1, 0.15) is 23.8 Å². The van der Waals surface area contributed by atoms with Crippen molar-refractivity contribution < 1.29 is 4.79 Å². The van der Waals surface area contributed by atoms with Gasteiger partial charge in [-0.1, -0.05) is 6.92 Å². The topological polar surface area (TPSA) is 67.4 Å². The van der Waals surface area contributed by atoms with Gasteiger partial charge in [-0.15, -0.1) is 0 Å². The summed E-state index contributed by atoms with van der Waals surface area (Å²) >= 11 is 0. The first-order valence-electron chi connectivity index (χ1n) is 6.42. The maximum Gasteiger partial charge on any atom is 0.276 e. The van der Waals surface area contributed by atoms with E-state index in [4.69, 9.17) is 5.73 Å². The Morgan fingerprint density at radius 2 is 2.06 bits per heavy atom. The van der Waals surface area contributed by atoms with Gasteiger partial charge in [-0.2, -0.15) is 5.10 Å². The van der Waals surface area contributed by atoms with Gasteiger partial charge in [-0.3, -0.25) is 14.4 Å². The third-order valence-corrected chi connectivity index (χ3v) is 3.26. The maximum atomic E-state index is 12.3. The molecule has 0 unspecified atom stereocenters. The molecule has 18 heavy (non-hydrogen) atoms. The molecular weight excluding hydrogens is 230 g/mol. The highest BCUT2D eigenvalue weighted by molar-refractivity contribution is 5.97. The van der Waals surface area contributed by atoms with Crippen LogP contribution in [0.4, 0.5) is 5.69 Å². The zero-order valence-corrected chi connectivity index (χ0v) is 11.1. The van der Waals surface area contributed by atoms with Crippen molar-refractivity contribution in [3.05, 3.63) is 11.9 Å². The molecule has 0 atom stereocenters. The summed E-state index contributed by atoms with van der Waals surface area (Å²) in [6.07, 6.45) is 2.82. The smallest absolute Gasteiger partial charge is 0.276 e. The second-order valence-electron chi connectivity index (χ2n) is 4.74. The number of rotatable bonds is 3. The number of piperazine rings is 1. The first-order chi connectivity index (χ1) is 8.61. The van der Waals surface area contributed by atoms with Gasteiger partial charge >= 0.3 is 0 Å². The van der Waals surface area contributed by atoms with Crippen molar-refractivity contribution >= 4 is 11.6 Å².